The Kier molecular flexibility index (Phi) is 4.17. The standard InChI is InChI=1S/C21H27P/c1-20(2)15-10-16-21(3,4)22(20)19-14-9-8-13-18(19)17-11-6-5-7-12-17/h5-9,11-14H,10,15-16H2,1-4H3. The molecular weight excluding hydrogens is 283 g/mol. The molecule has 1 heteroatoms. The molecule has 0 atom stereocenters. The number of hydrogen-bond donors (Lipinski definition) is 0. The van der Waals surface area contributed by atoms with E-state index in [1.807, 2.05) is 0 Å². The van der Waals surface area contributed by atoms with Crippen LogP contribution in [0, 0.1) is 0 Å². The van der Waals surface area contributed by atoms with E-state index < -0.39 is 0 Å². The molecule has 0 N–H and O–H groups in total. The molecule has 1 saturated heterocycles. The van der Waals surface area contributed by atoms with Crippen LogP contribution in [0.3, 0.4) is 0 Å². The quantitative estimate of drug-likeness (QED) is 0.579. The summed E-state index contributed by atoms with van der Waals surface area (Å²) in [7, 11) is -0.198. The second kappa shape index (κ2) is 5.82. The molecule has 0 saturated carbocycles. The maximum atomic E-state index is 2.49. The van der Waals surface area contributed by atoms with E-state index in [0.717, 1.165) is 0 Å². The molecule has 2 aromatic rings. The van der Waals surface area contributed by atoms with Gasteiger partial charge in [0, 0.05) is 0 Å². The Morgan fingerprint density at radius 1 is 0.727 bits per heavy atom. The minimum atomic E-state index is -0.198. The zero-order chi connectivity index (χ0) is 15.8. The van der Waals surface area contributed by atoms with Gasteiger partial charge in [-0.05, 0) is 39.6 Å². The Balaban J connectivity index is 2.15. The average molecular weight is 310 g/mol. The first kappa shape index (κ1) is 15.8. The zero-order valence-corrected chi connectivity index (χ0v) is 15.2. The molecule has 0 aromatic heterocycles. The first-order valence-corrected chi connectivity index (χ1v) is 9.71. The van der Waals surface area contributed by atoms with E-state index in [4.69, 9.17) is 0 Å². The van der Waals surface area contributed by atoms with Gasteiger partial charge in [-0.15, -0.1) is 0 Å². The minimum Gasteiger partial charge on any atom is -0.0631 e. The lowest BCUT2D eigenvalue weighted by atomic mass is 9.98. The molecule has 22 heavy (non-hydrogen) atoms. The summed E-state index contributed by atoms with van der Waals surface area (Å²) in [5.74, 6) is 0. The summed E-state index contributed by atoms with van der Waals surface area (Å²) in [4.78, 5) is 0. The maximum Gasteiger partial charge on any atom is -0.0106 e. The number of benzene rings is 2. The van der Waals surface area contributed by atoms with E-state index in [9.17, 15) is 0 Å². The van der Waals surface area contributed by atoms with Crippen LogP contribution in [0.5, 0.6) is 0 Å². The van der Waals surface area contributed by atoms with Crippen molar-refractivity contribution in [3.8, 4) is 11.1 Å². The van der Waals surface area contributed by atoms with Crippen molar-refractivity contribution in [3.05, 3.63) is 54.6 Å². The van der Waals surface area contributed by atoms with Gasteiger partial charge in [0.15, 0.2) is 0 Å². The molecule has 1 fully saturated rings. The molecule has 116 valence electrons. The predicted molar refractivity (Wildman–Crippen MR) is 100 cm³/mol. The molecule has 1 heterocycles. The van der Waals surface area contributed by atoms with Gasteiger partial charge < -0.3 is 0 Å². The van der Waals surface area contributed by atoms with Crippen LogP contribution in [0.2, 0.25) is 0 Å². The summed E-state index contributed by atoms with van der Waals surface area (Å²) in [5, 5.41) is 2.43. The Morgan fingerprint density at radius 3 is 1.91 bits per heavy atom. The van der Waals surface area contributed by atoms with Crippen LogP contribution in [0.15, 0.2) is 54.6 Å². The molecule has 0 bridgehead atoms. The third kappa shape index (κ3) is 2.86. The molecule has 1 aliphatic rings. The van der Waals surface area contributed by atoms with Crippen molar-refractivity contribution in [1.82, 2.24) is 0 Å². The normalized spacial score (nSPS) is 20.7. The molecule has 3 rings (SSSR count). The van der Waals surface area contributed by atoms with Crippen molar-refractivity contribution in [2.24, 2.45) is 0 Å². The molecular formula is C21H27P. The summed E-state index contributed by atoms with van der Waals surface area (Å²) < 4.78 is 0. The highest BCUT2D eigenvalue weighted by molar-refractivity contribution is 7.69. The van der Waals surface area contributed by atoms with Crippen molar-refractivity contribution >= 4 is 13.2 Å². The van der Waals surface area contributed by atoms with E-state index in [-0.39, 0.29) is 7.92 Å². The summed E-state index contributed by atoms with van der Waals surface area (Å²) in [6.07, 6.45) is 4.07. The highest BCUT2D eigenvalue weighted by Gasteiger charge is 2.44. The van der Waals surface area contributed by atoms with Gasteiger partial charge >= 0.3 is 0 Å². The fourth-order valence-electron chi connectivity index (χ4n) is 4.18. The monoisotopic (exact) mass is 310 g/mol. The van der Waals surface area contributed by atoms with Crippen LogP contribution in [0.25, 0.3) is 11.1 Å². The molecule has 0 nitrogen and oxygen atoms in total. The second-order valence-electron chi connectivity index (χ2n) is 7.70. The van der Waals surface area contributed by atoms with Gasteiger partial charge in [0.1, 0.15) is 0 Å². The van der Waals surface area contributed by atoms with Crippen molar-refractivity contribution in [1.29, 1.82) is 0 Å². The Labute approximate surface area is 136 Å². The van der Waals surface area contributed by atoms with Crippen molar-refractivity contribution < 1.29 is 0 Å². The third-order valence-corrected chi connectivity index (χ3v) is 8.76. The summed E-state index contributed by atoms with van der Waals surface area (Å²) >= 11 is 0. The molecule has 2 aromatic carbocycles. The summed E-state index contributed by atoms with van der Waals surface area (Å²) in [5.41, 5.74) is 2.80. The van der Waals surface area contributed by atoms with Crippen LogP contribution in [-0.4, -0.2) is 10.3 Å². The first-order valence-electron chi connectivity index (χ1n) is 8.37. The summed E-state index contributed by atoms with van der Waals surface area (Å²) in [6.45, 7) is 9.95. The van der Waals surface area contributed by atoms with E-state index >= 15 is 0 Å². The van der Waals surface area contributed by atoms with Crippen LogP contribution in [-0.2, 0) is 0 Å². The van der Waals surface area contributed by atoms with Gasteiger partial charge in [-0.1, -0.05) is 96.6 Å². The average Bonchev–Trinajstić information content (AvgIpc) is 2.47. The molecule has 0 aliphatic carbocycles. The van der Waals surface area contributed by atoms with Gasteiger partial charge in [-0.3, -0.25) is 0 Å². The fourth-order valence-corrected chi connectivity index (χ4v) is 8.57. The van der Waals surface area contributed by atoms with Gasteiger partial charge in [0.25, 0.3) is 0 Å². The number of hydrogen-bond acceptors (Lipinski definition) is 0. The molecule has 0 spiro atoms. The van der Waals surface area contributed by atoms with Gasteiger partial charge in [0.2, 0.25) is 0 Å². The highest BCUT2D eigenvalue weighted by Crippen LogP contribution is 2.65. The maximum absolute atomic E-state index is 2.49. The fraction of sp³-hybridized carbons (Fsp3) is 0.429. The third-order valence-electron chi connectivity index (χ3n) is 5.02. The smallest absolute Gasteiger partial charge is 0.0106 e. The first-order chi connectivity index (χ1) is 10.4. The van der Waals surface area contributed by atoms with Crippen molar-refractivity contribution in [3.63, 3.8) is 0 Å². The Hall–Kier alpha value is -1.13. The van der Waals surface area contributed by atoms with Crippen molar-refractivity contribution in [2.75, 3.05) is 0 Å². The lowest BCUT2D eigenvalue weighted by Crippen LogP contribution is -2.39. The zero-order valence-electron chi connectivity index (χ0n) is 14.3. The highest BCUT2D eigenvalue weighted by atomic mass is 31.1. The minimum absolute atomic E-state index is 0.198. The second-order valence-corrected chi connectivity index (χ2v) is 11.3. The topological polar surface area (TPSA) is 0 Å². The SMILES string of the molecule is CC1(C)CCCC(C)(C)P1c1ccccc1-c1ccccc1. The number of rotatable bonds is 2. The Morgan fingerprint density at radius 2 is 1.27 bits per heavy atom. The van der Waals surface area contributed by atoms with Gasteiger partial charge in [-0.2, -0.15) is 0 Å². The Bertz CT molecular complexity index is 624. The largest absolute Gasteiger partial charge is 0.0631 e. The van der Waals surface area contributed by atoms with Gasteiger partial charge in [-0.25, -0.2) is 0 Å². The molecule has 1 aliphatic heterocycles. The van der Waals surface area contributed by atoms with E-state index in [1.54, 1.807) is 5.30 Å². The van der Waals surface area contributed by atoms with Gasteiger partial charge in [0.05, 0.1) is 0 Å². The summed E-state index contributed by atoms with van der Waals surface area (Å²) in [6, 6.07) is 20.0. The lowest BCUT2D eigenvalue weighted by molar-refractivity contribution is 0.471. The van der Waals surface area contributed by atoms with Crippen molar-refractivity contribution in [2.45, 2.75) is 57.3 Å². The van der Waals surface area contributed by atoms with Crippen LogP contribution in [0.4, 0.5) is 0 Å². The van der Waals surface area contributed by atoms with E-state index in [0.29, 0.717) is 10.3 Å². The van der Waals surface area contributed by atoms with E-state index in [1.165, 1.54) is 30.4 Å². The predicted octanol–water partition coefficient (Wildman–Crippen LogP) is 6.20. The van der Waals surface area contributed by atoms with E-state index in [2.05, 4.69) is 82.3 Å². The van der Waals surface area contributed by atoms with Crippen LogP contribution < -0.4 is 5.30 Å². The molecule has 0 unspecified atom stereocenters. The lowest BCUT2D eigenvalue weighted by Gasteiger charge is -2.50. The van der Waals surface area contributed by atoms with Crippen LogP contribution >= 0.6 is 7.92 Å². The molecule has 0 radical (unpaired) electrons. The molecule has 0 amide bonds. The van der Waals surface area contributed by atoms with Crippen LogP contribution in [0.1, 0.15) is 47.0 Å².